The van der Waals surface area contributed by atoms with E-state index in [9.17, 15) is 4.79 Å². The minimum absolute atomic E-state index is 0.00573. The fourth-order valence-corrected chi connectivity index (χ4v) is 4.60. The molecule has 0 spiro atoms. The molecule has 1 aromatic heterocycles. The van der Waals surface area contributed by atoms with Crippen LogP contribution in [0.3, 0.4) is 0 Å². The van der Waals surface area contributed by atoms with Gasteiger partial charge in [0.15, 0.2) is 0 Å². The molecule has 2 heterocycles. The van der Waals surface area contributed by atoms with Crippen molar-refractivity contribution in [3.63, 3.8) is 0 Å². The highest BCUT2D eigenvalue weighted by Crippen LogP contribution is 2.31. The Balaban J connectivity index is 1.14. The molecule has 148 valence electrons. The molecule has 0 radical (unpaired) electrons. The van der Waals surface area contributed by atoms with Crippen molar-refractivity contribution in [1.29, 1.82) is 0 Å². The number of aryl methyl sites for hydroxylation is 1. The van der Waals surface area contributed by atoms with Gasteiger partial charge in [0.05, 0.1) is 6.20 Å². The van der Waals surface area contributed by atoms with E-state index in [1.807, 2.05) is 15.6 Å². The summed E-state index contributed by atoms with van der Waals surface area (Å²) in [7, 11) is 0. The predicted molar refractivity (Wildman–Crippen MR) is 109 cm³/mol. The van der Waals surface area contributed by atoms with Gasteiger partial charge in [-0.3, -0.25) is 10.2 Å². The summed E-state index contributed by atoms with van der Waals surface area (Å²) in [5, 5.41) is 7.43. The van der Waals surface area contributed by atoms with Crippen molar-refractivity contribution >= 4 is 11.8 Å². The van der Waals surface area contributed by atoms with E-state index in [0.29, 0.717) is 6.04 Å². The molecule has 1 atom stereocenters. The number of aromatic nitrogens is 2. The van der Waals surface area contributed by atoms with E-state index >= 15 is 0 Å². The molecule has 28 heavy (non-hydrogen) atoms. The Hall–Kier alpha value is -2.34. The zero-order valence-corrected chi connectivity index (χ0v) is 16.4. The summed E-state index contributed by atoms with van der Waals surface area (Å²) >= 11 is 0. The number of benzene rings is 1. The third-order valence-corrected chi connectivity index (χ3v) is 6.52. The number of urea groups is 1. The number of carbonyl (C=O) groups excluding carboxylic acids is 1. The number of anilines is 1. The number of piperazine rings is 1. The highest BCUT2D eigenvalue weighted by atomic mass is 16.2. The molecular formula is C22H29N5O. The molecule has 2 aliphatic carbocycles. The van der Waals surface area contributed by atoms with Crippen LogP contribution >= 0.6 is 0 Å². The maximum absolute atomic E-state index is 12.7. The molecular weight excluding hydrogens is 350 g/mol. The third kappa shape index (κ3) is 3.78. The van der Waals surface area contributed by atoms with Gasteiger partial charge >= 0.3 is 6.03 Å². The molecule has 1 saturated carbocycles. The van der Waals surface area contributed by atoms with Crippen LogP contribution in [0.25, 0.3) is 0 Å². The van der Waals surface area contributed by atoms with Crippen LogP contribution in [-0.2, 0) is 19.4 Å². The first-order valence-corrected chi connectivity index (χ1v) is 10.6. The second-order valence-electron chi connectivity index (χ2n) is 8.46. The number of nitrogens with zero attached hydrogens (tertiary/aromatic N) is 4. The molecule has 1 saturated heterocycles. The van der Waals surface area contributed by atoms with Gasteiger partial charge in [0.2, 0.25) is 0 Å². The van der Waals surface area contributed by atoms with Crippen LogP contribution < -0.4 is 5.32 Å². The lowest BCUT2D eigenvalue weighted by Crippen LogP contribution is -2.54. The lowest BCUT2D eigenvalue weighted by atomic mass is 9.87. The van der Waals surface area contributed by atoms with Crippen LogP contribution in [0.5, 0.6) is 0 Å². The first-order chi connectivity index (χ1) is 13.8. The van der Waals surface area contributed by atoms with Gasteiger partial charge in [0, 0.05) is 44.8 Å². The number of rotatable bonds is 4. The molecule has 1 aromatic carbocycles. The van der Waals surface area contributed by atoms with Gasteiger partial charge in [0.25, 0.3) is 0 Å². The molecule has 3 aliphatic rings. The van der Waals surface area contributed by atoms with Crippen LogP contribution in [0, 0.1) is 5.92 Å². The van der Waals surface area contributed by atoms with Gasteiger partial charge in [-0.2, -0.15) is 5.10 Å². The van der Waals surface area contributed by atoms with Crippen molar-refractivity contribution in [2.45, 2.75) is 44.7 Å². The summed E-state index contributed by atoms with van der Waals surface area (Å²) < 4.78 is 1.94. The number of fused-ring (bicyclic) bond motifs is 1. The maximum Gasteiger partial charge on any atom is 0.323 e. The summed E-state index contributed by atoms with van der Waals surface area (Å²) in [5.41, 5.74) is 3.02. The highest BCUT2D eigenvalue weighted by molar-refractivity contribution is 5.88. The summed E-state index contributed by atoms with van der Waals surface area (Å²) in [6, 6.07) is 11.4. The summed E-state index contributed by atoms with van der Waals surface area (Å²) in [5.74, 6) is 1.56. The van der Waals surface area contributed by atoms with E-state index in [-0.39, 0.29) is 6.03 Å². The zero-order valence-electron chi connectivity index (χ0n) is 16.4. The fourth-order valence-electron chi connectivity index (χ4n) is 4.60. The summed E-state index contributed by atoms with van der Waals surface area (Å²) in [6.45, 7) is 4.42. The van der Waals surface area contributed by atoms with Crippen LogP contribution in [0.4, 0.5) is 10.6 Å². The zero-order chi connectivity index (χ0) is 18.9. The van der Waals surface area contributed by atoms with Crippen molar-refractivity contribution in [1.82, 2.24) is 19.6 Å². The van der Waals surface area contributed by atoms with Gasteiger partial charge < -0.3 is 4.90 Å². The van der Waals surface area contributed by atoms with Crippen molar-refractivity contribution in [3.05, 3.63) is 47.7 Å². The highest BCUT2D eigenvalue weighted by Gasteiger charge is 2.29. The lowest BCUT2D eigenvalue weighted by Gasteiger charge is -2.41. The van der Waals surface area contributed by atoms with E-state index in [1.54, 1.807) is 6.20 Å². The SMILES string of the molecule is O=C(Nc1ccnn1CC1CC1)N1CCN([C@H]2CCc3ccccc3C2)CC1. The van der Waals surface area contributed by atoms with Crippen LogP contribution in [0.2, 0.25) is 0 Å². The average Bonchev–Trinajstić information content (AvgIpc) is 3.46. The average molecular weight is 380 g/mol. The minimum atomic E-state index is 0.00573. The Kier molecular flexibility index (Phi) is 4.81. The van der Waals surface area contributed by atoms with Gasteiger partial charge in [-0.05, 0) is 49.1 Å². The van der Waals surface area contributed by atoms with Crippen molar-refractivity contribution in [2.75, 3.05) is 31.5 Å². The smallest absolute Gasteiger partial charge is 0.322 e. The largest absolute Gasteiger partial charge is 0.323 e. The standard InChI is InChI=1S/C22H29N5O/c28-22(24-21-9-10-23-27(21)16-17-5-6-17)26-13-11-25(12-14-26)20-8-7-18-3-1-2-4-19(18)15-20/h1-4,9-10,17,20H,5-8,11-16H2,(H,24,28)/t20-/m0/s1. The van der Waals surface area contributed by atoms with Gasteiger partial charge in [-0.15, -0.1) is 0 Å². The summed E-state index contributed by atoms with van der Waals surface area (Å²) in [4.78, 5) is 17.2. The second kappa shape index (κ2) is 7.59. The molecule has 2 aromatic rings. The minimum Gasteiger partial charge on any atom is -0.322 e. The Labute approximate surface area is 166 Å². The molecule has 1 N–H and O–H groups in total. The Morgan fingerprint density at radius 2 is 1.82 bits per heavy atom. The number of hydrogen-bond donors (Lipinski definition) is 1. The van der Waals surface area contributed by atoms with Gasteiger partial charge in [-0.25, -0.2) is 9.48 Å². The van der Waals surface area contributed by atoms with E-state index in [2.05, 4.69) is 39.6 Å². The molecule has 2 amide bonds. The molecule has 0 unspecified atom stereocenters. The van der Waals surface area contributed by atoms with Crippen LogP contribution in [0.15, 0.2) is 36.5 Å². The third-order valence-electron chi connectivity index (χ3n) is 6.52. The molecule has 6 heteroatoms. The summed E-state index contributed by atoms with van der Waals surface area (Å²) in [6.07, 6.45) is 7.87. The molecule has 0 bridgehead atoms. The number of amides is 2. The number of carbonyl (C=O) groups is 1. The Bertz CT molecular complexity index is 835. The van der Waals surface area contributed by atoms with Crippen molar-refractivity contribution in [2.24, 2.45) is 5.92 Å². The number of hydrogen-bond acceptors (Lipinski definition) is 3. The van der Waals surface area contributed by atoms with Crippen LogP contribution in [0.1, 0.15) is 30.4 Å². The Morgan fingerprint density at radius 3 is 2.61 bits per heavy atom. The van der Waals surface area contributed by atoms with Gasteiger partial charge in [0.1, 0.15) is 5.82 Å². The monoisotopic (exact) mass is 379 g/mol. The quantitative estimate of drug-likeness (QED) is 0.889. The predicted octanol–water partition coefficient (Wildman–Crippen LogP) is 3.00. The lowest BCUT2D eigenvalue weighted by molar-refractivity contribution is 0.106. The first-order valence-electron chi connectivity index (χ1n) is 10.6. The molecule has 2 fully saturated rings. The molecule has 5 rings (SSSR count). The van der Waals surface area contributed by atoms with Gasteiger partial charge in [-0.1, -0.05) is 24.3 Å². The second-order valence-corrected chi connectivity index (χ2v) is 8.46. The Morgan fingerprint density at radius 1 is 1.04 bits per heavy atom. The topological polar surface area (TPSA) is 53.4 Å². The van der Waals surface area contributed by atoms with E-state index in [1.165, 1.54) is 36.8 Å². The maximum atomic E-state index is 12.7. The number of nitrogens with one attached hydrogen (secondary N) is 1. The normalized spacial score (nSPS) is 22.7. The van der Waals surface area contributed by atoms with E-state index in [0.717, 1.165) is 50.9 Å². The molecule has 6 nitrogen and oxygen atoms in total. The molecule has 1 aliphatic heterocycles. The van der Waals surface area contributed by atoms with E-state index in [4.69, 9.17) is 0 Å². The van der Waals surface area contributed by atoms with E-state index < -0.39 is 0 Å². The van der Waals surface area contributed by atoms with Crippen molar-refractivity contribution in [3.8, 4) is 0 Å². The van der Waals surface area contributed by atoms with Crippen molar-refractivity contribution < 1.29 is 4.79 Å². The van der Waals surface area contributed by atoms with Crippen LogP contribution in [-0.4, -0.2) is 57.8 Å². The fraction of sp³-hybridized carbons (Fsp3) is 0.545. The first kappa shape index (κ1) is 17.7.